The summed E-state index contributed by atoms with van der Waals surface area (Å²) in [7, 11) is 1.75. The summed E-state index contributed by atoms with van der Waals surface area (Å²) in [5, 5.41) is 3.39. The van der Waals surface area contributed by atoms with Crippen LogP contribution in [0.5, 0.6) is 5.75 Å². The van der Waals surface area contributed by atoms with Crippen molar-refractivity contribution in [2.24, 2.45) is 11.8 Å². The predicted octanol–water partition coefficient (Wildman–Crippen LogP) is 5.05. The van der Waals surface area contributed by atoms with Gasteiger partial charge in [0.05, 0.1) is 18.8 Å². The van der Waals surface area contributed by atoms with Gasteiger partial charge in [-0.25, -0.2) is 0 Å². The molecule has 1 N–H and O–H groups in total. The minimum absolute atomic E-state index is 0.0349. The zero-order chi connectivity index (χ0) is 22.3. The summed E-state index contributed by atoms with van der Waals surface area (Å²) in [6.07, 6.45) is 9.63. The van der Waals surface area contributed by atoms with Crippen LogP contribution in [0.15, 0.2) is 42.6 Å². The van der Waals surface area contributed by atoms with Crippen molar-refractivity contribution in [3.63, 3.8) is 0 Å². The number of nitrogens with zero attached hydrogens (tertiary/aromatic N) is 2. The van der Waals surface area contributed by atoms with Gasteiger partial charge in [-0.05, 0) is 68.7 Å². The summed E-state index contributed by atoms with van der Waals surface area (Å²) in [5.74, 6) is 2.07. The van der Waals surface area contributed by atoms with Gasteiger partial charge in [0.1, 0.15) is 5.75 Å². The van der Waals surface area contributed by atoms with E-state index in [4.69, 9.17) is 4.74 Å². The van der Waals surface area contributed by atoms with Crippen molar-refractivity contribution in [3.05, 3.63) is 59.4 Å². The van der Waals surface area contributed by atoms with Gasteiger partial charge in [-0.2, -0.15) is 0 Å². The lowest BCUT2D eigenvalue weighted by Crippen LogP contribution is -2.43. The lowest BCUT2D eigenvalue weighted by atomic mass is 9.87. The quantitative estimate of drug-likeness (QED) is 0.631. The van der Waals surface area contributed by atoms with E-state index in [1.165, 1.54) is 36.8 Å². The number of rotatable bonds is 8. The third-order valence-corrected chi connectivity index (χ3v) is 7.18. The van der Waals surface area contributed by atoms with Crippen molar-refractivity contribution in [2.75, 3.05) is 20.2 Å². The molecular formula is C27H37N3O2. The average molecular weight is 436 g/mol. The molecule has 2 aromatic rings. The topological polar surface area (TPSA) is 54.5 Å². The highest BCUT2D eigenvalue weighted by Crippen LogP contribution is 2.33. The first kappa shape index (κ1) is 22.8. The van der Waals surface area contributed by atoms with E-state index in [1.807, 2.05) is 18.3 Å². The van der Waals surface area contributed by atoms with E-state index in [-0.39, 0.29) is 11.9 Å². The van der Waals surface area contributed by atoms with Crippen LogP contribution in [0.25, 0.3) is 0 Å². The van der Waals surface area contributed by atoms with Crippen LogP contribution in [-0.4, -0.2) is 36.0 Å². The first-order chi connectivity index (χ1) is 15.6. The molecule has 32 heavy (non-hydrogen) atoms. The van der Waals surface area contributed by atoms with Crippen LogP contribution in [0, 0.1) is 18.8 Å². The fourth-order valence-electron chi connectivity index (χ4n) is 5.58. The number of nitrogens with one attached hydrogen (secondary N) is 1. The normalized spacial score (nSPS) is 20.8. The van der Waals surface area contributed by atoms with Crippen molar-refractivity contribution in [3.8, 4) is 5.75 Å². The van der Waals surface area contributed by atoms with E-state index < -0.39 is 0 Å². The van der Waals surface area contributed by atoms with Gasteiger partial charge in [-0.3, -0.25) is 14.7 Å². The van der Waals surface area contributed by atoms with Crippen LogP contribution in [0.4, 0.5) is 0 Å². The van der Waals surface area contributed by atoms with Gasteiger partial charge in [0.2, 0.25) is 5.91 Å². The third kappa shape index (κ3) is 5.69. The molecule has 0 bridgehead atoms. The van der Waals surface area contributed by atoms with Crippen molar-refractivity contribution < 1.29 is 9.53 Å². The summed E-state index contributed by atoms with van der Waals surface area (Å²) in [5.41, 5.74) is 3.38. The number of carbonyl (C=O) groups excluding carboxylic acids is 1. The number of hydrogen-bond donors (Lipinski definition) is 1. The number of likely N-dealkylation sites (tertiary alicyclic amines) is 1. The number of ether oxygens (including phenoxy) is 1. The predicted molar refractivity (Wildman–Crippen MR) is 127 cm³/mol. The van der Waals surface area contributed by atoms with E-state index in [0.29, 0.717) is 18.3 Å². The molecule has 1 saturated heterocycles. The van der Waals surface area contributed by atoms with Crippen molar-refractivity contribution in [1.29, 1.82) is 0 Å². The molecule has 1 aliphatic carbocycles. The average Bonchev–Trinajstić information content (AvgIpc) is 3.31. The highest BCUT2D eigenvalue weighted by atomic mass is 16.5. The second kappa shape index (κ2) is 11.0. The molecule has 1 aliphatic heterocycles. The highest BCUT2D eigenvalue weighted by Gasteiger charge is 2.31. The molecule has 2 aliphatic rings. The van der Waals surface area contributed by atoms with Gasteiger partial charge in [0.25, 0.3) is 0 Å². The monoisotopic (exact) mass is 435 g/mol. The summed E-state index contributed by atoms with van der Waals surface area (Å²) >= 11 is 0. The standard InChI is InChI=1S/C27H37N3O2/c1-20-9-7-12-23(27(20)32-2)19-30-16-8-13-22(18-30)26(24-14-5-6-15-28-24)29-25(31)17-21-10-3-4-11-21/h5-7,9,12,14-15,21-22,26H,3-4,8,10-11,13,16-19H2,1-2H3,(H,29,31). The Morgan fingerprint density at radius 1 is 1.16 bits per heavy atom. The van der Waals surface area contributed by atoms with E-state index in [1.54, 1.807) is 7.11 Å². The van der Waals surface area contributed by atoms with Gasteiger partial charge < -0.3 is 10.1 Å². The first-order valence-electron chi connectivity index (χ1n) is 12.2. The fraction of sp³-hybridized carbons (Fsp3) is 0.556. The maximum absolute atomic E-state index is 12.9. The molecule has 0 radical (unpaired) electrons. The molecule has 2 fully saturated rings. The van der Waals surface area contributed by atoms with Gasteiger partial charge in [-0.15, -0.1) is 0 Å². The van der Waals surface area contributed by atoms with Crippen molar-refractivity contribution >= 4 is 5.91 Å². The molecule has 5 nitrogen and oxygen atoms in total. The molecule has 1 amide bonds. The number of methoxy groups -OCH3 is 1. The number of para-hydroxylation sites is 1. The second-order valence-electron chi connectivity index (χ2n) is 9.56. The Kier molecular flexibility index (Phi) is 7.80. The van der Waals surface area contributed by atoms with Crippen LogP contribution in [0.2, 0.25) is 0 Å². The number of amides is 1. The number of hydrogen-bond acceptors (Lipinski definition) is 4. The van der Waals surface area contributed by atoms with Crippen LogP contribution < -0.4 is 10.1 Å². The molecule has 172 valence electrons. The van der Waals surface area contributed by atoms with Gasteiger partial charge >= 0.3 is 0 Å². The van der Waals surface area contributed by atoms with Crippen LogP contribution in [0.1, 0.15) is 67.8 Å². The van der Waals surface area contributed by atoms with Crippen molar-refractivity contribution in [1.82, 2.24) is 15.2 Å². The van der Waals surface area contributed by atoms with E-state index in [9.17, 15) is 4.79 Å². The molecule has 2 atom stereocenters. The maximum atomic E-state index is 12.9. The molecular weight excluding hydrogens is 398 g/mol. The fourth-order valence-corrected chi connectivity index (χ4v) is 5.58. The molecule has 2 heterocycles. The Hall–Kier alpha value is -2.40. The minimum atomic E-state index is -0.0349. The van der Waals surface area contributed by atoms with Crippen molar-refractivity contribution in [2.45, 2.75) is 64.5 Å². The zero-order valence-electron chi connectivity index (χ0n) is 19.6. The van der Waals surface area contributed by atoms with Gasteiger partial charge in [0, 0.05) is 31.3 Å². The molecule has 5 heteroatoms. The lowest BCUT2D eigenvalue weighted by Gasteiger charge is -2.37. The second-order valence-corrected chi connectivity index (χ2v) is 9.56. The zero-order valence-corrected chi connectivity index (χ0v) is 19.6. The van der Waals surface area contributed by atoms with Gasteiger partial charge in [0.15, 0.2) is 0 Å². The summed E-state index contributed by atoms with van der Waals surface area (Å²) in [6, 6.07) is 12.4. The van der Waals surface area contributed by atoms with Gasteiger partial charge in [-0.1, -0.05) is 37.1 Å². The van der Waals surface area contributed by atoms with Crippen LogP contribution >= 0.6 is 0 Å². The highest BCUT2D eigenvalue weighted by molar-refractivity contribution is 5.76. The molecule has 0 spiro atoms. The molecule has 1 saturated carbocycles. The number of pyridine rings is 1. The number of piperidine rings is 1. The number of aromatic nitrogens is 1. The number of aryl methyl sites for hydroxylation is 1. The Morgan fingerprint density at radius 2 is 2.00 bits per heavy atom. The number of benzene rings is 1. The molecule has 1 aromatic heterocycles. The largest absolute Gasteiger partial charge is 0.496 e. The van der Waals surface area contributed by atoms with Crippen LogP contribution in [0.3, 0.4) is 0 Å². The Labute approximate surface area is 192 Å². The minimum Gasteiger partial charge on any atom is -0.496 e. The smallest absolute Gasteiger partial charge is 0.220 e. The Morgan fingerprint density at radius 3 is 2.75 bits per heavy atom. The van der Waals surface area contributed by atoms with Crippen LogP contribution in [-0.2, 0) is 11.3 Å². The third-order valence-electron chi connectivity index (χ3n) is 7.18. The summed E-state index contributed by atoms with van der Waals surface area (Å²) < 4.78 is 5.68. The maximum Gasteiger partial charge on any atom is 0.220 e. The summed E-state index contributed by atoms with van der Waals surface area (Å²) in [4.78, 5) is 20.1. The van der Waals surface area contributed by atoms with E-state index in [0.717, 1.165) is 43.9 Å². The Bertz CT molecular complexity index is 880. The van der Waals surface area contributed by atoms with E-state index >= 15 is 0 Å². The molecule has 4 rings (SSSR count). The summed E-state index contributed by atoms with van der Waals surface area (Å²) in [6.45, 7) is 4.98. The molecule has 1 aromatic carbocycles. The Balaban J connectivity index is 1.47. The lowest BCUT2D eigenvalue weighted by molar-refractivity contribution is -0.123. The number of carbonyl (C=O) groups is 1. The van der Waals surface area contributed by atoms with E-state index in [2.05, 4.69) is 46.4 Å². The molecule has 2 unspecified atom stereocenters. The SMILES string of the molecule is COc1c(C)cccc1CN1CCCC(C(NC(=O)CC2CCCC2)c2ccccn2)C1. The first-order valence-corrected chi connectivity index (χ1v) is 12.2.